The number of benzene rings is 1. The molecule has 7 N–H and O–H groups in total. The zero-order valence-electron chi connectivity index (χ0n) is 12.6. The van der Waals surface area contributed by atoms with Crippen molar-refractivity contribution in [2.45, 2.75) is 24.5 Å². The van der Waals surface area contributed by atoms with Crippen LogP contribution in [0, 0.1) is 0 Å². The first-order valence-electron chi connectivity index (χ1n) is 7.29. The molecule has 0 amide bonds. The molecule has 1 saturated heterocycles. The summed E-state index contributed by atoms with van der Waals surface area (Å²) in [7, 11) is 0. The molecule has 1 aromatic heterocycles. The van der Waals surface area contributed by atoms with Crippen LogP contribution in [0.25, 0.3) is 11.1 Å². The van der Waals surface area contributed by atoms with Crippen molar-refractivity contribution in [2.75, 3.05) is 18.1 Å². The Hall–Kier alpha value is -2.46. The Balaban J connectivity index is 2.05. The normalized spacial score (nSPS) is 26.6. The second-order valence-corrected chi connectivity index (χ2v) is 5.58. The molecule has 4 unspecified atom stereocenters. The smallest absolute Gasteiger partial charge is 0.351 e. The highest BCUT2D eigenvalue weighted by Gasteiger charge is 2.43. The van der Waals surface area contributed by atoms with Gasteiger partial charge in [0.05, 0.1) is 6.61 Å². The molecular formula is C15H18N4O5. The zero-order valence-corrected chi connectivity index (χ0v) is 12.6. The molecule has 24 heavy (non-hydrogen) atoms. The lowest BCUT2D eigenvalue weighted by Crippen LogP contribution is -2.36. The number of hydrogen-bond donors (Lipinski definition) is 5. The Bertz CT molecular complexity index is 791. The fourth-order valence-corrected chi connectivity index (χ4v) is 2.66. The Kier molecular flexibility index (Phi) is 4.24. The maximum atomic E-state index is 12.1. The van der Waals surface area contributed by atoms with Crippen molar-refractivity contribution < 1.29 is 20.1 Å². The lowest BCUT2D eigenvalue weighted by molar-refractivity contribution is -0.0548. The number of nitrogens with zero attached hydrogens (tertiary/aromatic N) is 2. The molecule has 0 aliphatic carbocycles. The minimum atomic E-state index is -1.38. The molecule has 1 aromatic carbocycles. The highest BCUT2D eigenvalue weighted by atomic mass is 16.6. The molecule has 9 heteroatoms. The highest BCUT2D eigenvalue weighted by Crippen LogP contribution is 2.30. The maximum Gasteiger partial charge on any atom is 0.351 e. The second-order valence-electron chi connectivity index (χ2n) is 5.58. The topological polar surface area (TPSA) is 157 Å². The largest absolute Gasteiger partial charge is 0.399 e. The van der Waals surface area contributed by atoms with Gasteiger partial charge in [-0.15, -0.1) is 0 Å². The molecular weight excluding hydrogens is 316 g/mol. The summed E-state index contributed by atoms with van der Waals surface area (Å²) in [6.07, 6.45) is -3.47. The lowest BCUT2D eigenvalue weighted by atomic mass is 10.1. The number of nitrogen functional groups attached to an aromatic ring is 2. The number of rotatable bonds is 3. The first kappa shape index (κ1) is 16.4. The highest BCUT2D eigenvalue weighted by molar-refractivity contribution is 5.73. The summed E-state index contributed by atoms with van der Waals surface area (Å²) in [6.45, 7) is -0.489. The van der Waals surface area contributed by atoms with E-state index >= 15 is 0 Å². The minimum Gasteiger partial charge on any atom is -0.399 e. The predicted molar refractivity (Wildman–Crippen MR) is 85.8 cm³/mol. The summed E-state index contributed by atoms with van der Waals surface area (Å²) in [5.41, 5.74) is 12.4. The number of anilines is 2. The van der Waals surface area contributed by atoms with Crippen LogP contribution in [0.5, 0.6) is 0 Å². The van der Waals surface area contributed by atoms with Crippen LogP contribution < -0.4 is 17.2 Å². The SMILES string of the molecule is Nc1ccc(-c2cn(C3OC(CO)C(O)C3O)c(=O)nc2N)cc1. The van der Waals surface area contributed by atoms with E-state index in [0.717, 1.165) is 4.57 Å². The van der Waals surface area contributed by atoms with Gasteiger partial charge in [0, 0.05) is 17.4 Å². The maximum absolute atomic E-state index is 12.1. The lowest BCUT2D eigenvalue weighted by Gasteiger charge is -2.18. The monoisotopic (exact) mass is 334 g/mol. The molecule has 128 valence electrons. The van der Waals surface area contributed by atoms with E-state index in [1.807, 2.05) is 0 Å². The van der Waals surface area contributed by atoms with Crippen LogP contribution in [0.2, 0.25) is 0 Å². The molecule has 1 aliphatic rings. The minimum absolute atomic E-state index is 0.0211. The molecule has 1 aliphatic heterocycles. The fourth-order valence-electron chi connectivity index (χ4n) is 2.66. The van der Waals surface area contributed by atoms with Crippen LogP contribution in [0.3, 0.4) is 0 Å². The number of ether oxygens (including phenoxy) is 1. The van der Waals surface area contributed by atoms with Crippen molar-refractivity contribution in [1.29, 1.82) is 0 Å². The fraction of sp³-hybridized carbons (Fsp3) is 0.333. The third-order valence-corrected chi connectivity index (χ3v) is 3.99. The third kappa shape index (κ3) is 2.74. The van der Waals surface area contributed by atoms with E-state index in [1.165, 1.54) is 6.20 Å². The molecule has 0 saturated carbocycles. The number of aliphatic hydroxyl groups excluding tert-OH is 3. The molecule has 0 radical (unpaired) electrons. The van der Waals surface area contributed by atoms with Crippen molar-refractivity contribution in [3.05, 3.63) is 40.9 Å². The van der Waals surface area contributed by atoms with Crippen LogP contribution in [0.15, 0.2) is 35.3 Å². The Morgan fingerprint density at radius 2 is 1.83 bits per heavy atom. The summed E-state index contributed by atoms with van der Waals surface area (Å²) in [4.78, 5) is 15.9. The van der Waals surface area contributed by atoms with Crippen LogP contribution in [-0.4, -0.2) is 49.8 Å². The standard InChI is InChI=1S/C15H18N4O5/c16-8-3-1-7(2-4-8)9-5-19(15(23)18-13(9)17)14-12(22)11(21)10(6-20)24-14/h1-5,10-12,14,20-22H,6,16H2,(H2,17,18,23). The van der Waals surface area contributed by atoms with Crippen LogP contribution in [0.1, 0.15) is 6.23 Å². The van der Waals surface area contributed by atoms with Gasteiger partial charge in [-0.05, 0) is 17.7 Å². The van der Waals surface area contributed by atoms with Gasteiger partial charge >= 0.3 is 5.69 Å². The first-order chi connectivity index (χ1) is 11.4. The van der Waals surface area contributed by atoms with Crippen molar-refractivity contribution in [2.24, 2.45) is 0 Å². The van der Waals surface area contributed by atoms with Crippen molar-refractivity contribution in [3.8, 4) is 11.1 Å². The molecule has 2 heterocycles. The number of aromatic nitrogens is 2. The second kappa shape index (κ2) is 6.21. The summed E-state index contributed by atoms with van der Waals surface area (Å²) in [5, 5.41) is 29.1. The van der Waals surface area contributed by atoms with E-state index in [4.69, 9.17) is 21.3 Å². The van der Waals surface area contributed by atoms with E-state index in [1.54, 1.807) is 24.3 Å². The summed E-state index contributed by atoms with van der Waals surface area (Å²) < 4.78 is 6.41. The van der Waals surface area contributed by atoms with Gasteiger partial charge in [-0.3, -0.25) is 4.57 Å². The zero-order chi connectivity index (χ0) is 17.4. The van der Waals surface area contributed by atoms with E-state index in [-0.39, 0.29) is 5.82 Å². The van der Waals surface area contributed by atoms with E-state index in [0.29, 0.717) is 16.8 Å². The predicted octanol–water partition coefficient (Wildman–Crippen LogP) is -1.31. The van der Waals surface area contributed by atoms with E-state index in [2.05, 4.69) is 4.98 Å². The van der Waals surface area contributed by atoms with Crippen molar-refractivity contribution >= 4 is 11.5 Å². The summed E-state index contributed by atoms with van der Waals surface area (Å²) >= 11 is 0. The molecule has 9 nitrogen and oxygen atoms in total. The molecule has 0 spiro atoms. The Labute approximate surface area is 136 Å². The van der Waals surface area contributed by atoms with Crippen LogP contribution in [-0.2, 0) is 4.74 Å². The average molecular weight is 334 g/mol. The number of hydrogen-bond acceptors (Lipinski definition) is 8. The third-order valence-electron chi connectivity index (χ3n) is 3.99. The number of nitrogens with two attached hydrogens (primary N) is 2. The Morgan fingerprint density at radius 3 is 2.42 bits per heavy atom. The van der Waals surface area contributed by atoms with Gasteiger partial charge in [0.15, 0.2) is 6.23 Å². The van der Waals surface area contributed by atoms with Gasteiger partial charge in [-0.25, -0.2) is 4.79 Å². The first-order valence-corrected chi connectivity index (χ1v) is 7.29. The van der Waals surface area contributed by atoms with E-state index < -0.39 is 36.8 Å². The quantitative estimate of drug-likeness (QED) is 0.433. The molecule has 4 atom stereocenters. The Morgan fingerprint density at radius 1 is 1.17 bits per heavy atom. The number of aliphatic hydroxyl groups is 3. The van der Waals surface area contributed by atoms with Gasteiger partial charge in [0.25, 0.3) is 0 Å². The molecule has 0 bridgehead atoms. The van der Waals surface area contributed by atoms with E-state index in [9.17, 15) is 15.0 Å². The van der Waals surface area contributed by atoms with Gasteiger partial charge in [-0.1, -0.05) is 12.1 Å². The van der Waals surface area contributed by atoms with Crippen molar-refractivity contribution in [1.82, 2.24) is 9.55 Å². The molecule has 3 rings (SSSR count). The van der Waals surface area contributed by atoms with Gasteiger partial charge in [0.2, 0.25) is 0 Å². The molecule has 1 fully saturated rings. The average Bonchev–Trinajstić information content (AvgIpc) is 2.84. The summed E-state index contributed by atoms with van der Waals surface area (Å²) in [6, 6.07) is 6.79. The van der Waals surface area contributed by atoms with Gasteiger partial charge < -0.3 is 31.5 Å². The van der Waals surface area contributed by atoms with Crippen LogP contribution >= 0.6 is 0 Å². The van der Waals surface area contributed by atoms with Crippen LogP contribution in [0.4, 0.5) is 11.5 Å². The molecule has 2 aromatic rings. The van der Waals surface area contributed by atoms with Gasteiger partial charge in [0.1, 0.15) is 24.1 Å². The van der Waals surface area contributed by atoms with Gasteiger partial charge in [-0.2, -0.15) is 4.98 Å². The van der Waals surface area contributed by atoms with Crippen molar-refractivity contribution in [3.63, 3.8) is 0 Å². The summed E-state index contributed by atoms with van der Waals surface area (Å²) in [5.74, 6) is 0.0211.